The molecule has 3 heterocycles. The van der Waals surface area contributed by atoms with Crippen molar-refractivity contribution in [2.75, 3.05) is 25.6 Å². The lowest BCUT2D eigenvalue weighted by Gasteiger charge is -2.38. The molecule has 4 rings (SSSR count). The van der Waals surface area contributed by atoms with Crippen molar-refractivity contribution in [3.8, 4) is 0 Å². The highest BCUT2D eigenvalue weighted by Crippen LogP contribution is 2.33. The Morgan fingerprint density at radius 1 is 1.31 bits per heavy atom. The summed E-state index contributed by atoms with van der Waals surface area (Å²) >= 11 is 5.98. The number of nitrogens with zero attached hydrogens (tertiary/aromatic N) is 3. The van der Waals surface area contributed by atoms with Gasteiger partial charge >= 0.3 is 5.97 Å². The van der Waals surface area contributed by atoms with Crippen LogP contribution in [-0.2, 0) is 21.9 Å². The number of carbonyl (C=O) groups excluding carboxylic acids is 1. The molecule has 9 heteroatoms. The predicted octanol–water partition coefficient (Wildman–Crippen LogP) is 3.54. The second-order valence-electron chi connectivity index (χ2n) is 8.49. The summed E-state index contributed by atoms with van der Waals surface area (Å²) in [5.41, 5.74) is 2.57. The number of methoxy groups -OCH3 is 1. The lowest BCUT2D eigenvalue weighted by atomic mass is 9.87. The number of aromatic nitrogens is 3. The molecule has 0 aliphatic carbocycles. The highest BCUT2D eigenvalue weighted by Gasteiger charge is 2.39. The van der Waals surface area contributed by atoms with Gasteiger partial charge < -0.3 is 14.8 Å². The smallest absolute Gasteiger partial charge is 0.358 e. The van der Waals surface area contributed by atoms with E-state index in [1.54, 1.807) is 23.7 Å². The normalized spacial score (nSPS) is 15.8. The highest BCUT2D eigenvalue weighted by molar-refractivity contribution is 6.29. The molecule has 1 aliphatic heterocycles. The summed E-state index contributed by atoms with van der Waals surface area (Å²) in [6.45, 7) is 6.96. The van der Waals surface area contributed by atoms with Gasteiger partial charge in [-0.15, -0.1) is 0 Å². The third-order valence-corrected chi connectivity index (χ3v) is 6.02. The molecule has 0 radical (unpaired) electrons. The Morgan fingerprint density at radius 3 is 2.66 bits per heavy atom. The Balaban J connectivity index is 1.84. The first kappa shape index (κ1) is 22.2. The molecule has 2 aromatic heterocycles. The van der Waals surface area contributed by atoms with E-state index in [9.17, 15) is 9.59 Å². The van der Waals surface area contributed by atoms with E-state index >= 15 is 0 Å². The van der Waals surface area contributed by atoms with E-state index in [0.29, 0.717) is 35.6 Å². The molecule has 0 unspecified atom stereocenters. The van der Waals surface area contributed by atoms with Crippen LogP contribution in [0.5, 0.6) is 0 Å². The van der Waals surface area contributed by atoms with Crippen LogP contribution in [0.1, 0.15) is 47.3 Å². The Kier molecular flexibility index (Phi) is 5.68. The Bertz CT molecular complexity index is 1280. The number of esters is 1. The maximum Gasteiger partial charge on any atom is 0.358 e. The zero-order valence-electron chi connectivity index (χ0n) is 18.7. The molecule has 1 fully saturated rings. The van der Waals surface area contributed by atoms with Gasteiger partial charge in [0.15, 0.2) is 5.69 Å². The number of ether oxygens (including phenoxy) is 2. The molecule has 0 saturated carbocycles. The first-order valence-corrected chi connectivity index (χ1v) is 10.6. The predicted molar refractivity (Wildman–Crippen MR) is 123 cm³/mol. The minimum atomic E-state index is -0.594. The summed E-state index contributed by atoms with van der Waals surface area (Å²) in [6, 6.07) is 6.84. The lowest BCUT2D eigenvalue weighted by molar-refractivity contribution is -0.0559. The number of pyridine rings is 1. The molecular weight excluding hydrogens is 432 g/mol. The molecule has 1 aromatic carbocycles. The number of fused-ring (bicyclic) bond motifs is 1. The van der Waals surface area contributed by atoms with Gasteiger partial charge in [0.25, 0.3) is 5.56 Å². The summed E-state index contributed by atoms with van der Waals surface area (Å²) in [6.07, 6.45) is 0. The van der Waals surface area contributed by atoms with E-state index in [1.807, 2.05) is 32.9 Å². The van der Waals surface area contributed by atoms with Crippen molar-refractivity contribution < 1.29 is 14.3 Å². The minimum absolute atomic E-state index is 0.0903. The van der Waals surface area contributed by atoms with Crippen molar-refractivity contribution in [3.05, 3.63) is 62.4 Å². The first-order valence-electron chi connectivity index (χ1n) is 10.3. The number of aryl methyl sites for hydroxylation is 1. The van der Waals surface area contributed by atoms with Gasteiger partial charge in [0, 0.05) is 12.6 Å². The molecule has 3 aromatic rings. The van der Waals surface area contributed by atoms with Crippen LogP contribution in [-0.4, -0.2) is 40.8 Å². The SMILES string of the molecule is COC(=O)c1nc(Cl)ccc1N[C@H](C)c1cc(C)cc2c(=O)n(C)c(C3(C)COC3)nc12. The molecule has 1 saturated heterocycles. The molecular formula is C23H25ClN4O4. The topological polar surface area (TPSA) is 95.3 Å². The number of rotatable bonds is 5. The Hall–Kier alpha value is -2.97. The summed E-state index contributed by atoms with van der Waals surface area (Å²) in [5.74, 6) is 0.102. The number of halogens is 1. The standard InChI is InChI=1S/C23H25ClN4O4/c1-12-8-14(13(2)25-16-6-7-17(24)26-19(16)21(30)31-5)18-15(9-12)20(29)28(4)22(27-18)23(3)10-32-11-23/h6-9,13,25H,10-11H2,1-5H3/t13-/m1/s1. The van der Waals surface area contributed by atoms with Gasteiger partial charge in [0.05, 0.1) is 48.4 Å². The molecule has 0 bridgehead atoms. The molecule has 1 N–H and O–H groups in total. The second kappa shape index (κ2) is 8.18. The molecule has 1 aliphatic rings. The van der Waals surface area contributed by atoms with Crippen molar-refractivity contribution in [2.45, 2.75) is 32.2 Å². The van der Waals surface area contributed by atoms with Gasteiger partial charge in [0.1, 0.15) is 11.0 Å². The van der Waals surface area contributed by atoms with Crippen LogP contribution in [0.4, 0.5) is 5.69 Å². The van der Waals surface area contributed by atoms with Gasteiger partial charge in [-0.05, 0) is 44.5 Å². The Labute approximate surface area is 190 Å². The number of hydrogen-bond acceptors (Lipinski definition) is 7. The van der Waals surface area contributed by atoms with E-state index in [-0.39, 0.29) is 27.9 Å². The van der Waals surface area contributed by atoms with Gasteiger partial charge in [-0.2, -0.15) is 0 Å². The van der Waals surface area contributed by atoms with Crippen LogP contribution in [0.25, 0.3) is 10.9 Å². The summed E-state index contributed by atoms with van der Waals surface area (Å²) in [5, 5.41) is 4.05. The maximum absolute atomic E-state index is 13.2. The molecule has 32 heavy (non-hydrogen) atoms. The molecule has 0 spiro atoms. The van der Waals surface area contributed by atoms with Gasteiger partial charge in [0.2, 0.25) is 0 Å². The summed E-state index contributed by atoms with van der Waals surface area (Å²) < 4.78 is 11.9. The third kappa shape index (κ3) is 3.73. The zero-order chi connectivity index (χ0) is 23.2. The quantitative estimate of drug-likeness (QED) is 0.463. The fraction of sp³-hybridized carbons (Fsp3) is 0.391. The fourth-order valence-corrected chi connectivity index (χ4v) is 4.22. The number of nitrogens with one attached hydrogen (secondary N) is 1. The van der Waals surface area contributed by atoms with Crippen molar-refractivity contribution in [3.63, 3.8) is 0 Å². The number of anilines is 1. The summed E-state index contributed by atoms with van der Waals surface area (Å²) in [4.78, 5) is 34.5. The molecule has 168 valence electrons. The highest BCUT2D eigenvalue weighted by atomic mass is 35.5. The van der Waals surface area contributed by atoms with Crippen LogP contribution in [0, 0.1) is 6.92 Å². The van der Waals surface area contributed by atoms with E-state index in [0.717, 1.165) is 11.1 Å². The van der Waals surface area contributed by atoms with Gasteiger partial charge in [-0.1, -0.05) is 17.7 Å². The van der Waals surface area contributed by atoms with Crippen molar-refractivity contribution >= 4 is 34.2 Å². The van der Waals surface area contributed by atoms with Gasteiger partial charge in [-0.25, -0.2) is 14.8 Å². The van der Waals surface area contributed by atoms with Gasteiger partial charge in [-0.3, -0.25) is 9.36 Å². The maximum atomic E-state index is 13.2. The first-order chi connectivity index (χ1) is 15.1. The van der Waals surface area contributed by atoms with Crippen molar-refractivity contribution in [2.24, 2.45) is 7.05 Å². The largest absolute Gasteiger partial charge is 0.464 e. The molecule has 0 amide bonds. The van der Waals surface area contributed by atoms with Crippen LogP contribution in [0.3, 0.4) is 0 Å². The Morgan fingerprint density at radius 2 is 2.03 bits per heavy atom. The fourth-order valence-electron chi connectivity index (χ4n) is 4.07. The van der Waals surface area contributed by atoms with Crippen LogP contribution in [0.2, 0.25) is 5.15 Å². The average molecular weight is 457 g/mol. The lowest BCUT2D eigenvalue weighted by Crippen LogP contribution is -2.48. The van der Waals surface area contributed by atoms with Crippen LogP contribution in [0.15, 0.2) is 29.1 Å². The second-order valence-corrected chi connectivity index (χ2v) is 8.88. The van der Waals surface area contributed by atoms with Crippen LogP contribution >= 0.6 is 11.6 Å². The molecule has 1 atom stereocenters. The minimum Gasteiger partial charge on any atom is -0.464 e. The average Bonchev–Trinajstić information content (AvgIpc) is 2.75. The van der Waals surface area contributed by atoms with E-state index < -0.39 is 5.97 Å². The van der Waals surface area contributed by atoms with Crippen molar-refractivity contribution in [1.29, 1.82) is 0 Å². The number of hydrogen-bond donors (Lipinski definition) is 1. The molecule has 8 nitrogen and oxygen atoms in total. The monoisotopic (exact) mass is 456 g/mol. The number of benzene rings is 1. The van der Waals surface area contributed by atoms with E-state index in [1.165, 1.54) is 7.11 Å². The van der Waals surface area contributed by atoms with Crippen LogP contribution < -0.4 is 10.9 Å². The van der Waals surface area contributed by atoms with E-state index in [4.69, 9.17) is 26.1 Å². The summed E-state index contributed by atoms with van der Waals surface area (Å²) in [7, 11) is 3.04. The van der Waals surface area contributed by atoms with Crippen molar-refractivity contribution in [1.82, 2.24) is 14.5 Å². The zero-order valence-corrected chi connectivity index (χ0v) is 19.4. The van der Waals surface area contributed by atoms with E-state index in [2.05, 4.69) is 10.3 Å². The third-order valence-electron chi connectivity index (χ3n) is 5.81. The number of carbonyl (C=O) groups is 1.